The third kappa shape index (κ3) is 43.2. The topological polar surface area (TPSA) is 405 Å². The Hall–Kier alpha value is -2.26. The van der Waals surface area contributed by atoms with Crippen molar-refractivity contribution in [2.75, 3.05) is 13.2 Å². The summed E-state index contributed by atoms with van der Waals surface area (Å²) < 4.78 is 64.1. The number of hydrogen-bond donors (Lipinski definition) is 8. The van der Waals surface area contributed by atoms with Gasteiger partial charge in [-0.15, -0.1) is 0 Å². The Morgan fingerprint density at radius 3 is 1.03 bits per heavy atom. The molecule has 25 nitrogen and oxygen atoms in total. The zero-order valence-electron chi connectivity index (χ0n) is 58.1. The molecule has 27 heteroatoms. The van der Waals surface area contributed by atoms with E-state index in [-0.39, 0.29) is 25.7 Å². The van der Waals surface area contributed by atoms with Gasteiger partial charge in [0.25, 0.3) is 0 Å². The number of carbonyl (C=O) groups excluding carboxylic acids is 4. The number of ether oxygens (including phenoxy) is 5. The van der Waals surface area contributed by atoms with E-state index in [1.807, 2.05) is 0 Å². The number of phosphoric acid groups is 2. The lowest BCUT2D eigenvalue weighted by Crippen LogP contribution is -2.68. The van der Waals surface area contributed by atoms with Gasteiger partial charge in [-0.3, -0.25) is 19.2 Å². The lowest BCUT2D eigenvalue weighted by molar-refractivity contribution is -0.364. The number of amides is 2. The molecule has 0 aromatic carbocycles. The Bertz CT molecular complexity index is 2080. The van der Waals surface area contributed by atoms with Crippen molar-refractivity contribution in [3.05, 3.63) is 0 Å². The van der Waals surface area contributed by atoms with Gasteiger partial charge in [-0.05, 0) is 25.7 Å². The first-order chi connectivity index (χ1) is 45.4. The molecule has 2 aliphatic heterocycles. The minimum Gasteiger partial charge on any atom is -0.790 e. The van der Waals surface area contributed by atoms with E-state index in [0.29, 0.717) is 25.7 Å². The van der Waals surface area contributed by atoms with Crippen molar-refractivity contribution in [1.29, 1.82) is 0 Å². The summed E-state index contributed by atoms with van der Waals surface area (Å²) in [6.07, 6.45) is 12.2. The predicted molar refractivity (Wildman–Crippen MR) is 351 cm³/mol. The Labute approximate surface area is 568 Å². The first-order valence-electron chi connectivity index (χ1n) is 36.8. The highest BCUT2D eigenvalue weighted by Gasteiger charge is 2.53. The van der Waals surface area contributed by atoms with Gasteiger partial charge in [0.15, 0.2) is 24.8 Å². The molecule has 95 heavy (non-hydrogen) atoms. The average molecular weight is 1400 g/mol. The summed E-state index contributed by atoms with van der Waals surface area (Å²) in [5.74, 6) is -4.20. The van der Waals surface area contributed by atoms with Gasteiger partial charge in [0.2, 0.25) is 11.8 Å². The molecule has 0 saturated carbocycles. The smallest absolute Gasteiger partial charge is 0.308 e. The van der Waals surface area contributed by atoms with E-state index in [2.05, 4.69) is 38.3 Å². The van der Waals surface area contributed by atoms with Gasteiger partial charge in [0.05, 0.1) is 79.0 Å². The summed E-state index contributed by atoms with van der Waals surface area (Å²) in [5, 5.41) is 71.8. The third-order valence-electron chi connectivity index (χ3n) is 17.8. The molecule has 560 valence electrons. The summed E-state index contributed by atoms with van der Waals surface area (Å²) in [6.45, 7) is 6.39. The van der Waals surface area contributed by atoms with Gasteiger partial charge in [-0.2, -0.15) is 0 Å². The molecule has 8 N–H and O–H groups in total. The quantitative estimate of drug-likeness (QED) is 0.0161. The van der Waals surface area contributed by atoms with E-state index in [0.717, 1.165) is 180 Å². The second-order valence-corrected chi connectivity index (χ2v) is 28.9. The Kier molecular flexibility index (Phi) is 50.1. The van der Waals surface area contributed by atoms with Crippen molar-refractivity contribution in [3.63, 3.8) is 0 Å². The summed E-state index contributed by atoms with van der Waals surface area (Å²) in [5.41, 5.74) is 0. The molecule has 0 bridgehead atoms. The van der Waals surface area contributed by atoms with Gasteiger partial charge in [0, 0.05) is 0 Å². The number of aliphatic hydroxyl groups excluding tert-OH is 6. The highest BCUT2D eigenvalue weighted by atomic mass is 31.2. The fourth-order valence-corrected chi connectivity index (χ4v) is 13.4. The molecule has 2 amide bonds. The minimum absolute atomic E-state index is 0.168. The number of aliphatic hydroxyl groups is 6. The molecule has 2 rings (SSSR count). The summed E-state index contributed by atoms with van der Waals surface area (Å²) in [4.78, 5) is 105. The number of nitrogens with one attached hydrogen (secondary N) is 2. The van der Waals surface area contributed by atoms with Crippen LogP contribution in [0.2, 0.25) is 0 Å². The number of hydrogen-bond acceptors (Lipinski definition) is 23. The maximum Gasteiger partial charge on any atom is 0.308 e. The van der Waals surface area contributed by atoms with E-state index in [4.69, 9.17) is 32.7 Å². The molecule has 2 heterocycles. The van der Waals surface area contributed by atoms with E-state index >= 15 is 0 Å². The lowest BCUT2D eigenvalue weighted by Gasteiger charge is -2.49. The van der Waals surface area contributed by atoms with Gasteiger partial charge >= 0.3 is 11.9 Å². The van der Waals surface area contributed by atoms with Crippen molar-refractivity contribution in [2.45, 2.75) is 396 Å². The van der Waals surface area contributed by atoms with Gasteiger partial charge < -0.3 is 103 Å². The van der Waals surface area contributed by atoms with Gasteiger partial charge in [-0.25, -0.2) is 0 Å². The molecule has 2 fully saturated rings. The van der Waals surface area contributed by atoms with Crippen LogP contribution in [0.3, 0.4) is 0 Å². The van der Waals surface area contributed by atoms with Crippen LogP contribution >= 0.6 is 15.6 Å². The number of rotatable bonds is 60. The molecule has 0 unspecified atom stereocenters. The highest BCUT2D eigenvalue weighted by molar-refractivity contribution is 7.43. The largest absolute Gasteiger partial charge is 0.790 e. The average Bonchev–Trinajstić information content (AvgIpc) is 0.788. The Balaban J connectivity index is 2.55. The number of carbonyl (C=O) groups is 4. The van der Waals surface area contributed by atoms with Crippen molar-refractivity contribution in [3.8, 4) is 0 Å². The van der Waals surface area contributed by atoms with Crippen LogP contribution in [0.5, 0.6) is 0 Å². The van der Waals surface area contributed by atoms with Crippen LogP contribution in [-0.4, -0.2) is 153 Å². The Morgan fingerprint density at radius 1 is 0.411 bits per heavy atom. The standard InChI is InChI=1S/C68H130N2O23P2/c1-5-9-13-17-21-25-29-33-37-41-51(72)45-57(76)69-61-65(90-59(78)47-53(74)43-39-35-31-27-23-19-15-11-7-3)63(80)56(89-68(61)93-95(84,85)86)50-87-67-62(70-58(77)46-52(73)42-38-34-30-26-22-18-14-10-6-2)66(64(55(49-71)88-67)92-94(81,82)83)91-60(79)48-54(75)44-40-36-32-28-24-20-16-12-8-4/h51-56,61-68,71-75,80H,5-50H2,1-4H3,(H,69,76)(H,70,77)(H2,81,82,83)(H2,84,85,86)/p-4/t51-,52-,53-,54-,55-,56-,61-,62-,63-,64-,65-,66-,67-,68-/m1/s1. The first kappa shape index (κ1) is 88.8. The maximum absolute atomic E-state index is 14.0. The van der Waals surface area contributed by atoms with Crippen LogP contribution in [0, 0.1) is 0 Å². The van der Waals surface area contributed by atoms with Crippen LogP contribution in [0.25, 0.3) is 0 Å². The molecule has 2 aliphatic rings. The number of phosphoric ester groups is 2. The van der Waals surface area contributed by atoms with Crippen LogP contribution in [0.4, 0.5) is 0 Å². The van der Waals surface area contributed by atoms with Crippen LogP contribution < -0.4 is 30.2 Å². The van der Waals surface area contributed by atoms with Crippen molar-refractivity contribution < 1.29 is 111 Å². The van der Waals surface area contributed by atoms with Crippen molar-refractivity contribution in [1.82, 2.24) is 10.6 Å². The van der Waals surface area contributed by atoms with E-state index in [1.165, 1.54) is 25.7 Å². The Morgan fingerprint density at radius 2 is 0.705 bits per heavy atom. The number of esters is 2. The summed E-state index contributed by atoms with van der Waals surface area (Å²) in [7, 11) is -12.2. The molecule has 0 radical (unpaired) electrons. The highest BCUT2D eigenvalue weighted by Crippen LogP contribution is 2.39. The molecule has 14 atom stereocenters. The SMILES string of the molecule is CCCCCCCCCCC[C@@H](O)CC(=O)N[C@H]1[C@H](OC[C@H]2O[C@H](OP(=O)([O-])[O-])[C@H](NC(=O)C[C@H](O)CCCCCCCCCCC)[C@@H](OC(=O)C[C@H](O)CCCCCCCCCCC)[C@@H]2O)O[C@H](CO)[C@@H](OP(=O)([O-])[O-])[C@@H]1OC(=O)C[C@H](O)CCCCCCCCCCC. The van der Waals surface area contributed by atoms with Gasteiger partial charge in [0.1, 0.15) is 36.5 Å². The van der Waals surface area contributed by atoms with Crippen LogP contribution in [0.1, 0.15) is 310 Å². The third-order valence-corrected chi connectivity index (χ3v) is 18.8. The molecule has 0 aromatic rings. The summed E-state index contributed by atoms with van der Waals surface area (Å²) in [6, 6.07) is -3.92. The van der Waals surface area contributed by atoms with Crippen molar-refractivity contribution >= 4 is 39.4 Å². The van der Waals surface area contributed by atoms with Crippen LogP contribution in [-0.2, 0) is 61.0 Å². The van der Waals surface area contributed by atoms with Gasteiger partial charge in [-0.1, -0.05) is 259 Å². The summed E-state index contributed by atoms with van der Waals surface area (Å²) >= 11 is 0. The van der Waals surface area contributed by atoms with E-state index < -0.39 is 164 Å². The second kappa shape index (κ2) is 53.6. The zero-order chi connectivity index (χ0) is 70.3. The van der Waals surface area contributed by atoms with Crippen molar-refractivity contribution in [2.24, 2.45) is 0 Å². The van der Waals surface area contributed by atoms with E-state index in [1.54, 1.807) is 0 Å². The maximum atomic E-state index is 14.0. The molecular weight excluding hydrogens is 1270 g/mol. The van der Waals surface area contributed by atoms with Crippen LogP contribution in [0.15, 0.2) is 0 Å². The lowest BCUT2D eigenvalue weighted by atomic mass is 9.95. The normalized spacial score (nSPS) is 23.0. The monoisotopic (exact) mass is 1400 g/mol. The molecule has 2 saturated heterocycles. The minimum atomic E-state index is -6.12. The fraction of sp³-hybridized carbons (Fsp3) is 0.941. The number of unbranched alkanes of at least 4 members (excludes halogenated alkanes) is 32. The zero-order valence-corrected chi connectivity index (χ0v) is 59.9. The fourth-order valence-electron chi connectivity index (χ4n) is 12.4. The molecule has 0 aromatic heterocycles. The first-order valence-corrected chi connectivity index (χ1v) is 39.7. The predicted octanol–water partition coefficient (Wildman–Crippen LogP) is 8.35. The molecule has 0 aliphatic carbocycles. The second-order valence-electron chi connectivity index (χ2n) is 26.7. The molecule has 0 spiro atoms. The molecular formula is C68H126N2O23P2-4. The van der Waals surface area contributed by atoms with E-state index in [9.17, 15) is 78.5 Å².